The van der Waals surface area contributed by atoms with Crippen LogP contribution in [-0.2, 0) is 20.7 Å². The van der Waals surface area contributed by atoms with E-state index in [1.807, 2.05) is 12.1 Å². The van der Waals surface area contributed by atoms with Gasteiger partial charge in [-0.15, -0.1) is 23.1 Å². The standard InChI is InChI=1S/C23H23N3O5S2/c1-3-31-21(28)12-17-13-33-23(25-17)26-20(27)14-32-19-9-7-16(8-10-19)24-22(29)15-5-4-6-18(11-15)30-2/h4-11,13H,3,12,14H2,1-2H3,(H,24,29)(H,25,26,27). The number of hydrogen-bond donors (Lipinski definition) is 2. The van der Waals surface area contributed by atoms with E-state index in [0.717, 1.165) is 4.90 Å². The highest BCUT2D eigenvalue weighted by atomic mass is 32.2. The monoisotopic (exact) mass is 485 g/mol. The maximum Gasteiger partial charge on any atom is 0.311 e. The molecule has 0 aliphatic heterocycles. The Balaban J connectivity index is 1.46. The van der Waals surface area contributed by atoms with Crippen LogP contribution in [0, 0.1) is 0 Å². The van der Waals surface area contributed by atoms with Crippen molar-refractivity contribution < 1.29 is 23.9 Å². The van der Waals surface area contributed by atoms with E-state index in [-0.39, 0.29) is 30.0 Å². The summed E-state index contributed by atoms with van der Waals surface area (Å²) in [6.07, 6.45) is 0.0790. The minimum atomic E-state index is -0.348. The van der Waals surface area contributed by atoms with E-state index in [2.05, 4.69) is 15.6 Å². The molecule has 0 unspecified atom stereocenters. The molecule has 2 N–H and O–H groups in total. The number of thiazole rings is 1. The highest BCUT2D eigenvalue weighted by Gasteiger charge is 2.11. The molecule has 1 aromatic heterocycles. The van der Waals surface area contributed by atoms with Gasteiger partial charge >= 0.3 is 5.97 Å². The number of thioether (sulfide) groups is 1. The second kappa shape index (κ2) is 12.0. The number of methoxy groups -OCH3 is 1. The SMILES string of the molecule is CCOC(=O)Cc1csc(NC(=O)CSc2ccc(NC(=O)c3cccc(OC)c3)cc2)n1. The number of aromatic nitrogens is 1. The third-order valence-corrected chi connectivity index (χ3v) is 6.06. The van der Waals surface area contributed by atoms with Crippen LogP contribution in [0.1, 0.15) is 23.0 Å². The first-order valence-corrected chi connectivity index (χ1v) is 11.9. The zero-order valence-electron chi connectivity index (χ0n) is 18.1. The lowest BCUT2D eigenvalue weighted by molar-refractivity contribution is -0.142. The number of nitrogens with one attached hydrogen (secondary N) is 2. The average Bonchev–Trinajstić information content (AvgIpc) is 3.25. The summed E-state index contributed by atoms with van der Waals surface area (Å²) in [6.45, 7) is 2.06. The Morgan fingerprint density at radius 2 is 1.88 bits per heavy atom. The van der Waals surface area contributed by atoms with E-state index < -0.39 is 0 Å². The number of rotatable bonds is 10. The lowest BCUT2D eigenvalue weighted by Crippen LogP contribution is -2.14. The van der Waals surface area contributed by atoms with Gasteiger partial charge in [-0.25, -0.2) is 4.98 Å². The normalized spacial score (nSPS) is 10.4. The summed E-state index contributed by atoms with van der Waals surface area (Å²) in [7, 11) is 1.55. The van der Waals surface area contributed by atoms with Gasteiger partial charge in [-0.05, 0) is 49.4 Å². The van der Waals surface area contributed by atoms with Gasteiger partial charge in [0.25, 0.3) is 5.91 Å². The number of anilines is 2. The fourth-order valence-corrected chi connectivity index (χ4v) is 4.14. The van der Waals surface area contributed by atoms with E-state index >= 15 is 0 Å². The lowest BCUT2D eigenvalue weighted by Gasteiger charge is -2.08. The van der Waals surface area contributed by atoms with Gasteiger partial charge in [0.1, 0.15) is 5.75 Å². The molecule has 0 saturated carbocycles. The largest absolute Gasteiger partial charge is 0.497 e. The van der Waals surface area contributed by atoms with Gasteiger partial charge in [0, 0.05) is 21.5 Å². The molecule has 0 bridgehead atoms. The molecule has 0 spiro atoms. The third kappa shape index (κ3) is 7.62. The van der Waals surface area contributed by atoms with Crippen LogP contribution >= 0.6 is 23.1 Å². The van der Waals surface area contributed by atoms with Gasteiger partial charge in [0.2, 0.25) is 5.91 Å². The molecule has 2 amide bonds. The second-order valence-corrected chi connectivity index (χ2v) is 8.58. The molecule has 33 heavy (non-hydrogen) atoms. The number of esters is 1. The highest BCUT2D eigenvalue weighted by Crippen LogP contribution is 2.22. The molecule has 172 valence electrons. The summed E-state index contributed by atoms with van der Waals surface area (Å²) in [5.74, 6) is 0.0226. The zero-order valence-corrected chi connectivity index (χ0v) is 19.8. The Bertz CT molecular complexity index is 1120. The molecule has 3 rings (SSSR count). The van der Waals surface area contributed by atoms with E-state index in [0.29, 0.717) is 34.4 Å². The summed E-state index contributed by atoms with van der Waals surface area (Å²) in [4.78, 5) is 41.2. The van der Waals surface area contributed by atoms with Crippen LogP contribution in [0.25, 0.3) is 0 Å². The maximum atomic E-state index is 12.4. The Morgan fingerprint density at radius 1 is 1.09 bits per heavy atom. The lowest BCUT2D eigenvalue weighted by atomic mass is 10.2. The Kier molecular flexibility index (Phi) is 8.85. The predicted molar refractivity (Wildman–Crippen MR) is 129 cm³/mol. The molecular weight excluding hydrogens is 462 g/mol. The fraction of sp³-hybridized carbons (Fsp3) is 0.217. The third-order valence-electron chi connectivity index (χ3n) is 4.24. The molecule has 8 nitrogen and oxygen atoms in total. The summed E-state index contributed by atoms with van der Waals surface area (Å²) in [5.41, 5.74) is 1.71. The van der Waals surface area contributed by atoms with Crippen LogP contribution in [0.2, 0.25) is 0 Å². The highest BCUT2D eigenvalue weighted by molar-refractivity contribution is 8.00. The van der Waals surface area contributed by atoms with Gasteiger partial charge in [0.05, 0.1) is 31.6 Å². The van der Waals surface area contributed by atoms with Crippen molar-refractivity contribution in [2.45, 2.75) is 18.2 Å². The van der Waals surface area contributed by atoms with Gasteiger partial charge in [0.15, 0.2) is 5.13 Å². The van der Waals surface area contributed by atoms with Crippen molar-refractivity contribution in [1.29, 1.82) is 0 Å². The Hall–Kier alpha value is -3.37. The fourth-order valence-electron chi connectivity index (χ4n) is 2.71. The Labute approximate surface area is 199 Å². The number of benzene rings is 2. The minimum Gasteiger partial charge on any atom is -0.497 e. The molecule has 1 heterocycles. The van der Waals surface area contributed by atoms with Crippen LogP contribution in [0.4, 0.5) is 10.8 Å². The van der Waals surface area contributed by atoms with Crippen LogP contribution in [0.15, 0.2) is 58.8 Å². The van der Waals surface area contributed by atoms with Crippen molar-refractivity contribution >= 4 is 51.7 Å². The van der Waals surface area contributed by atoms with E-state index in [4.69, 9.17) is 9.47 Å². The van der Waals surface area contributed by atoms with Gasteiger partial charge in [-0.2, -0.15) is 0 Å². The molecule has 2 aromatic carbocycles. The van der Waals surface area contributed by atoms with Crippen molar-refractivity contribution in [3.8, 4) is 5.75 Å². The number of hydrogen-bond acceptors (Lipinski definition) is 8. The molecule has 0 aliphatic rings. The van der Waals surface area contributed by atoms with E-state index in [9.17, 15) is 14.4 Å². The molecule has 0 radical (unpaired) electrons. The second-order valence-electron chi connectivity index (χ2n) is 6.67. The topological polar surface area (TPSA) is 107 Å². The molecule has 0 atom stereocenters. The first-order chi connectivity index (χ1) is 16.0. The molecule has 0 fully saturated rings. The van der Waals surface area contributed by atoms with Gasteiger partial charge in [-0.3, -0.25) is 14.4 Å². The summed E-state index contributed by atoms with van der Waals surface area (Å²) >= 11 is 2.62. The minimum absolute atomic E-state index is 0.0790. The number of amides is 2. The van der Waals surface area contributed by atoms with Crippen LogP contribution in [0.5, 0.6) is 5.75 Å². The van der Waals surface area contributed by atoms with Gasteiger partial charge < -0.3 is 20.1 Å². The number of carbonyl (C=O) groups excluding carboxylic acids is 3. The van der Waals surface area contributed by atoms with Crippen molar-refractivity contribution in [3.63, 3.8) is 0 Å². The molecular formula is C23H23N3O5S2. The van der Waals surface area contributed by atoms with Crippen molar-refractivity contribution in [1.82, 2.24) is 4.98 Å². The molecule has 3 aromatic rings. The van der Waals surface area contributed by atoms with Crippen molar-refractivity contribution in [3.05, 3.63) is 65.2 Å². The van der Waals surface area contributed by atoms with Crippen LogP contribution < -0.4 is 15.4 Å². The van der Waals surface area contributed by atoms with E-state index in [1.54, 1.807) is 55.8 Å². The quantitative estimate of drug-likeness (QED) is 0.327. The summed E-state index contributed by atoms with van der Waals surface area (Å²) in [6, 6.07) is 14.1. The van der Waals surface area contributed by atoms with E-state index in [1.165, 1.54) is 23.1 Å². The van der Waals surface area contributed by atoms with Crippen LogP contribution in [0.3, 0.4) is 0 Å². The number of ether oxygens (including phenoxy) is 2. The van der Waals surface area contributed by atoms with Gasteiger partial charge in [-0.1, -0.05) is 6.07 Å². The molecule has 10 heteroatoms. The zero-order chi connectivity index (χ0) is 23.6. The maximum absolute atomic E-state index is 12.4. The first kappa shape index (κ1) is 24.3. The van der Waals surface area contributed by atoms with Crippen LogP contribution in [-0.4, -0.2) is 42.2 Å². The first-order valence-electron chi connectivity index (χ1n) is 10.0. The number of nitrogens with zero attached hydrogens (tertiary/aromatic N) is 1. The predicted octanol–water partition coefficient (Wildman–Crippen LogP) is 4.24. The average molecular weight is 486 g/mol. The number of carbonyl (C=O) groups is 3. The molecule has 0 saturated heterocycles. The Morgan fingerprint density at radius 3 is 2.61 bits per heavy atom. The smallest absolute Gasteiger partial charge is 0.311 e. The molecule has 0 aliphatic carbocycles. The summed E-state index contributed by atoms with van der Waals surface area (Å²) < 4.78 is 10.0. The van der Waals surface area contributed by atoms with Crippen molar-refractivity contribution in [2.75, 3.05) is 30.1 Å². The van der Waals surface area contributed by atoms with Crippen molar-refractivity contribution in [2.24, 2.45) is 0 Å². The summed E-state index contributed by atoms with van der Waals surface area (Å²) in [5, 5.41) is 7.73.